The number of benzene rings is 1. The zero-order chi connectivity index (χ0) is 15.6. The Morgan fingerprint density at radius 2 is 1.76 bits per heavy atom. The van der Waals surface area contributed by atoms with E-state index in [2.05, 4.69) is 9.71 Å². The van der Waals surface area contributed by atoms with Crippen LogP contribution in [0.25, 0.3) is 0 Å². The first kappa shape index (κ1) is 16.2. The van der Waals surface area contributed by atoms with Crippen molar-refractivity contribution in [2.75, 3.05) is 4.72 Å². The van der Waals surface area contributed by atoms with Crippen LogP contribution in [-0.4, -0.2) is 18.5 Å². The van der Waals surface area contributed by atoms with Crippen LogP contribution in [0.2, 0.25) is 15.2 Å². The van der Waals surface area contributed by atoms with Gasteiger partial charge in [-0.05, 0) is 29.8 Å². The van der Waals surface area contributed by atoms with Crippen LogP contribution in [0.1, 0.15) is 5.56 Å². The first-order chi connectivity index (χ1) is 9.77. The molecule has 1 aromatic carbocycles. The Labute approximate surface area is 136 Å². The molecule has 0 saturated heterocycles. The van der Waals surface area contributed by atoms with Crippen LogP contribution in [0.3, 0.4) is 0 Å². The van der Waals surface area contributed by atoms with E-state index in [4.69, 9.17) is 34.8 Å². The average molecular weight is 368 g/mol. The van der Waals surface area contributed by atoms with Gasteiger partial charge in [-0.15, -0.1) is 0 Å². The molecule has 0 radical (unpaired) electrons. The lowest BCUT2D eigenvalue weighted by molar-refractivity contribution is 0.475. The summed E-state index contributed by atoms with van der Waals surface area (Å²) in [4.78, 5) is 3.62. The number of rotatable bonds is 4. The molecule has 5 nitrogen and oxygen atoms in total. The Balaban J connectivity index is 2.24. The summed E-state index contributed by atoms with van der Waals surface area (Å²) in [6, 6.07) is 5.78. The number of aromatic nitrogens is 1. The maximum atomic E-state index is 12.1. The number of anilines is 1. The number of aromatic hydroxyl groups is 1. The van der Waals surface area contributed by atoms with Gasteiger partial charge in [-0.1, -0.05) is 34.8 Å². The summed E-state index contributed by atoms with van der Waals surface area (Å²) in [5.41, 5.74) is 0.364. The van der Waals surface area contributed by atoms with Gasteiger partial charge in [0.2, 0.25) is 10.0 Å². The standard InChI is InChI=1S/C12H9Cl3N2O3S/c13-8-3-7(4-9(14)5-8)6-21(19,20)17-10-1-2-16-12(15)11(10)18/h1-5,18H,6H2,(H,16,17). The largest absolute Gasteiger partial charge is 0.503 e. The van der Waals surface area contributed by atoms with Crippen LogP contribution in [0, 0.1) is 0 Å². The second kappa shape index (κ2) is 6.27. The first-order valence-electron chi connectivity index (χ1n) is 5.56. The number of sulfonamides is 1. The summed E-state index contributed by atoms with van der Waals surface area (Å²) in [5, 5.41) is 10.1. The fourth-order valence-corrected chi connectivity index (χ4v) is 3.53. The summed E-state index contributed by atoms with van der Waals surface area (Å²) in [5.74, 6) is -0.793. The molecule has 2 aromatic rings. The van der Waals surface area contributed by atoms with Gasteiger partial charge >= 0.3 is 0 Å². The van der Waals surface area contributed by atoms with E-state index in [-0.39, 0.29) is 16.6 Å². The van der Waals surface area contributed by atoms with Gasteiger partial charge in [0.05, 0.1) is 11.4 Å². The average Bonchev–Trinajstić information content (AvgIpc) is 2.32. The van der Waals surface area contributed by atoms with Gasteiger partial charge in [0.1, 0.15) is 0 Å². The number of pyridine rings is 1. The van der Waals surface area contributed by atoms with Gasteiger partial charge in [-0.25, -0.2) is 13.4 Å². The van der Waals surface area contributed by atoms with Crippen LogP contribution < -0.4 is 4.72 Å². The van der Waals surface area contributed by atoms with Gasteiger partial charge in [-0.3, -0.25) is 4.72 Å². The molecule has 112 valence electrons. The van der Waals surface area contributed by atoms with Crippen LogP contribution in [0.4, 0.5) is 5.69 Å². The lowest BCUT2D eigenvalue weighted by atomic mass is 10.2. The predicted molar refractivity (Wildman–Crippen MR) is 83.6 cm³/mol. The molecular formula is C12H9Cl3N2O3S. The van der Waals surface area contributed by atoms with Gasteiger partial charge in [0.15, 0.2) is 10.9 Å². The molecular weight excluding hydrogens is 359 g/mol. The highest BCUT2D eigenvalue weighted by molar-refractivity contribution is 7.91. The Kier molecular flexibility index (Phi) is 4.83. The third-order valence-corrected chi connectivity index (χ3v) is 4.38. The van der Waals surface area contributed by atoms with Gasteiger partial charge in [-0.2, -0.15) is 0 Å². The van der Waals surface area contributed by atoms with E-state index in [1.807, 2.05) is 0 Å². The summed E-state index contributed by atoms with van der Waals surface area (Å²) in [6.45, 7) is 0. The SMILES string of the molecule is O=S(=O)(Cc1cc(Cl)cc(Cl)c1)Nc1ccnc(Cl)c1O. The molecule has 0 spiro atoms. The highest BCUT2D eigenvalue weighted by Gasteiger charge is 2.16. The highest BCUT2D eigenvalue weighted by atomic mass is 35.5. The van der Waals surface area contributed by atoms with Crippen LogP contribution in [0.15, 0.2) is 30.5 Å². The summed E-state index contributed by atoms with van der Waals surface area (Å²) in [6.07, 6.45) is 1.27. The van der Waals surface area contributed by atoms with Crippen molar-refractivity contribution in [3.8, 4) is 5.75 Å². The smallest absolute Gasteiger partial charge is 0.237 e. The van der Waals surface area contributed by atoms with Crippen molar-refractivity contribution < 1.29 is 13.5 Å². The van der Waals surface area contributed by atoms with Crippen molar-refractivity contribution in [2.45, 2.75) is 5.75 Å². The molecule has 0 unspecified atom stereocenters. The van der Waals surface area contributed by atoms with Crippen molar-refractivity contribution in [3.63, 3.8) is 0 Å². The van der Waals surface area contributed by atoms with Crippen molar-refractivity contribution in [2.24, 2.45) is 0 Å². The Morgan fingerprint density at radius 3 is 2.38 bits per heavy atom. The molecule has 0 amide bonds. The highest BCUT2D eigenvalue weighted by Crippen LogP contribution is 2.30. The Hall–Kier alpha value is -1.21. The summed E-state index contributed by atoms with van der Waals surface area (Å²) < 4.78 is 26.4. The maximum Gasteiger partial charge on any atom is 0.237 e. The van der Waals surface area contributed by atoms with Crippen LogP contribution in [-0.2, 0) is 15.8 Å². The quantitative estimate of drug-likeness (QED) is 0.808. The van der Waals surface area contributed by atoms with E-state index >= 15 is 0 Å². The lowest BCUT2D eigenvalue weighted by Gasteiger charge is -2.10. The Morgan fingerprint density at radius 1 is 1.14 bits per heavy atom. The first-order valence-corrected chi connectivity index (χ1v) is 8.34. The number of halogens is 3. The molecule has 2 rings (SSSR count). The van der Waals surface area contributed by atoms with E-state index in [9.17, 15) is 13.5 Å². The second-order valence-corrected chi connectivity index (χ2v) is 7.09. The molecule has 0 aliphatic rings. The molecule has 21 heavy (non-hydrogen) atoms. The monoisotopic (exact) mass is 366 g/mol. The fourth-order valence-electron chi connectivity index (χ4n) is 1.63. The third kappa shape index (κ3) is 4.38. The fraction of sp³-hybridized carbons (Fsp3) is 0.0833. The van der Waals surface area contributed by atoms with Crippen LogP contribution in [0.5, 0.6) is 5.75 Å². The third-order valence-electron chi connectivity index (χ3n) is 2.42. The van der Waals surface area contributed by atoms with E-state index in [1.54, 1.807) is 0 Å². The number of hydrogen-bond acceptors (Lipinski definition) is 4. The molecule has 0 saturated carbocycles. The lowest BCUT2D eigenvalue weighted by Crippen LogP contribution is -2.15. The van der Waals surface area contributed by atoms with E-state index in [0.717, 1.165) is 0 Å². The van der Waals surface area contributed by atoms with Gasteiger partial charge in [0, 0.05) is 16.2 Å². The van der Waals surface area contributed by atoms with Gasteiger partial charge in [0.25, 0.3) is 0 Å². The molecule has 9 heteroatoms. The molecule has 0 bridgehead atoms. The minimum absolute atomic E-state index is 0.0527. The van der Waals surface area contributed by atoms with Crippen molar-refractivity contribution in [3.05, 3.63) is 51.2 Å². The minimum atomic E-state index is -3.77. The van der Waals surface area contributed by atoms with Crippen molar-refractivity contribution in [1.82, 2.24) is 4.98 Å². The van der Waals surface area contributed by atoms with Crippen LogP contribution >= 0.6 is 34.8 Å². The molecule has 0 fully saturated rings. The zero-order valence-electron chi connectivity index (χ0n) is 10.3. The minimum Gasteiger partial charge on any atom is -0.503 e. The Bertz CT molecular complexity index is 761. The normalized spacial score (nSPS) is 11.4. The molecule has 1 heterocycles. The molecule has 0 aliphatic heterocycles. The second-order valence-electron chi connectivity index (χ2n) is 4.14. The number of hydrogen-bond donors (Lipinski definition) is 2. The topological polar surface area (TPSA) is 79.3 Å². The number of nitrogens with zero attached hydrogens (tertiary/aromatic N) is 1. The maximum absolute atomic E-state index is 12.1. The molecule has 1 aromatic heterocycles. The molecule has 0 atom stereocenters. The number of nitrogens with one attached hydrogen (secondary N) is 1. The van der Waals surface area contributed by atoms with Gasteiger partial charge < -0.3 is 5.11 Å². The predicted octanol–water partition coefficient (Wildman–Crippen LogP) is 3.69. The molecule has 0 aliphatic carbocycles. The molecule has 2 N–H and O–H groups in total. The van der Waals surface area contributed by atoms with E-state index < -0.39 is 15.8 Å². The zero-order valence-corrected chi connectivity index (χ0v) is 13.4. The van der Waals surface area contributed by atoms with Crippen molar-refractivity contribution in [1.29, 1.82) is 0 Å². The summed E-state index contributed by atoms with van der Waals surface area (Å²) >= 11 is 17.3. The summed E-state index contributed by atoms with van der Waals surface area (Å²) in [7, 11) is -3.77. The van der Waals surface area contributed by atoms with Crippen molar-refractivity contribution >= 4 is 50.5 Å². The van der Waals surface area contributed by atoms with E-state index in [1.165, 1.54) is 30.5 Å². The van der Waals surface area contributed by atoms with E-state index in [0.29, 0.717) is 15.6 Å².